The maximum absolute atomic E-state index is 13.6. The minimum atomic E-state index is -0.433. The number of Topliss-reactive ketones (excluding diaryl/α,β-unsaturated/α-hetero) is 1. The summed E-state index contributed by atoms with van der Waals surface area (Å²) in [7, 11) is 7.59. The Labute approximate surface area is 212 Å². The number of ketones is 1. The van der Waals surface area contributed by atoms with Gasteiger partial charge in [0.15, 0.2) is 11.5 Å². The molecule has 0 radical (unpaired) electrons. The molecule has 3 aromatic carbocycles. The Morgan fingerprint density at radius 2 is 1.58 bits per heavy atom. The second-order valence-electron chi connectivity index (χ2n) is 10.3. The molecule has 1 aliphatic carbocycles. The molecule has 1 aliphatic heterocycles. The third-order valence-electron chi connectivity index (χ3n) is 7.08. The topological polar surface area (TPSA) is 59.1 Å². The molecular formula is C30H32N2O4. The first kappa shape index (κ1) is 24.1. The van der Waals surface area contributed by atoms with Crippen LogP contribution in [0.15, 0.2) is 60.7 Å². The molecule has 1 amide bonds. The summed E-state index contributed by atoms with van der Waals surface area (Å²) in [6.07, 6.45) is 2.09. The van der Waals surface area contributed by atoms with Crippen molar-refractivity contribution in [3.63, 3.8) is 0 Å². The molecular weight excluding hydrogens is 452 g/mol. The van der Waals surface area contributed by atoms with Crippen LogP contribution < -0.4 is 9.47 Å². The molecule has 0 bridgehead atoms. The summed E-state index contributed by atoms with van der Waals surface area (Å²) in [4.78, 5) is 29.6. The smallest absolute Gasteiger partial charge is 0.253 e. The van der Waals surface area contributed by atoms with Crippen LogP contribution >= 0.6 is 0 Å². The summed E-state index contributed by atoms with van der Waals surface area (Å²) in [6, 6.07) is 19.9. The number of ether oxygens (including phenoxy) is 2. The van der Waals surface area contributed by atoms with Gasteiger partial charge in [-0.25, -0.2) is 0 Å². The second-order valence-corrected chi connectivity index (χ2v) is 10.3. The third-order valence-corrected chi connectivity index (χ3v) is 7.08. The van der Waals surface area contributed by atoms with Crippen LogP contribution in [0.3, 0.4) is 0 Å². The van der Waals surface area contributed by atoms with E-state index in [9.17, 15) is 9.59 Å². The molecule has 6 nitrogen and oxygen atoms in total. The maximum atomic E-state index is 13.6. The van der Waals surface area contributed by atoms with E-state index >= 15 is 0 Å². The van der Waals surface area contributed by atoms with Gasteiger partial charge in [-0.15, -0.1) is 0 Å². The summed E-state index contributed by atoms with van der Waals surface area (Å²) in [5.74, 6) is 1.67. The van der Waals surface area contributed by atoms with Crippen LogP contribution in [0.5, 0.6) is 11.5 Å². The van der Waals surface area contributed by atoms with Crippen molar-refractivity contribution in [2.24, 2.45) is 0 Å². The summed E-state index contributed by atoms with van der Waals surface area (Å²) in [6.45, 7) is 1.01. The lowest BCUT2D eigenvalue weighted by Crippen LogP contribution is -2.22. The number of nitrogens with zero attached hydrogens (tertiary/aromatic N) is 2. The van der Waals surface area contributed by atoms with E-state index in [0.717, 1.165) is 53.1 Å². The van der Waals surface area contributed by atoms with Gasteiger partial charge < -0.3 is 19.3 Å². The molecule has 0 spiro atoms. The Balaban J connectivity index is 1.42. The molecule has 2 aliphatic rings. The Morgan fingerprint density at radius 3 is 2.25 bits per heavy atom. The predicted molar refractivity (Wildman–Crippen MR) is 139 cm³/mol. The average molecular weight is 485 g/mol. The van der Waals surface area contributed by atoms with E-state index < -0.39 is 5.41 Å². The van der Waals surface area contributed by atoms with Gasteiger partial charge in [0.1, 0.15) is 5.78 Å². The van der Waals surface area contributed by atoms with Gasteiger partial charge in [-0.05, 0) is 79.0 Å². The van der Waals surface area contributed by atoms with Crippen molar-refractivity contribution >= 4 is 11.7 Å². The van der Waals surface area contributed by atoms with Crippen LogP contribution in [0, 0.1) is 0 Å². The van der Waals surface area contributed by atoms with Gasteiger partial charge in [0.05, 0.1) is 5.41 Å². The number of benzene rings is 3. The van der Waals surface area contributed by atoms with Crippen molar-refractivity contribution in [2.45, 2.75) is 31.2 Å². The van der Waals surface area contributed by atoms with Crippen LogP contribution in [0.4, 0.5) is 0 Å². The Morgan fingerprint density at radius 1 is 0.861 bits per heavy atom. The molecule has 3 aromatic rings. The average Bonchev–Trinajstić information content (AvgIpc) is 3.55. The molecule has 1 fully saturated rings. The fourth-order valence-corrected chi connectivity index (χ4v) is 4.93. The lowest BCUT2D eigenvalue weighted by atomic mass is 9.86. The zero-order valence-corrected chi connectivity index (χ0v) is 21.3. The predicted octanol–water partition coefficient (Wildman–Crippen LogP) is 4.69. The number of rotatable bonds is 8. The summed E-state index contributed by atoms with van der Waals surface area (Å²) in [5.41, 5.74) is 5.54. The van der Waals surface area contributed by atoms with Gasteiger partial charge in [0.25, 0.3) is 5.91 Å². The van der Waals surface area contributed by atoms with Crippen molar-refractivity contribution in [3.8, 4) is 22.6 Å². The van der Waals surface area contributed by atoms with E-state index in [1.807, 2.05) is 56.6 Å². The number of hydrogen-bond donors (Lipinski definition) is 0. The van der Waals surface area contributed by atoms with Crippen LogP contribution in [0.2, 0.25) is 0 Å². The van der Waals surface area contributed by atoms with Crippen LogP contribution in [0.1, 0.15) is 39.9 Å². The molecule has 0 saturated heterocycles. The minimum Gasteiger partial charge on any atom is -0.454 e. The SMILES string of the molecule is CN(C)Cc1ccc(CC(=O)C2(c3ccc4c(c3)OCO4)CC2)cc1-c1ccc(C(=O)N(C)C)cc1. The van der Waals surface area contributed by atoms with E-state index in [1.165, 1.54) is 5.56 Å². The number of hydrogen-bond acceptors (Lipinski definition) is 5. The highest BCUT2D eigenvalue weighted by atomic mass is 16.7. The van der Waals surface area contributed by atoms with Crippen molar-refractivity contribution in [2.75, 3.05) is 35.0 Å². The zero-order valence-electron chi connectivity index (χ0n) is 21.3. The van der Waals surface area contributed by atoms with Gasteiger partial charge in [0.2, 0.25) is 6.79 Å². The maximum Gasteiger partial charge on any atom is 0.253 e. The first-order valence-electron chi connectivity index (χ1n) is 12.3. The summed E-state index contributed by atoms with van der Waals surface area (Å²) in [5, 5.41) is 0. The van der Waals surface area contributed by atoms with Gasteiger partial charge in [-0.2, -0.15) is 0 Å². The molecule has 1 saturated carbocycles. The quantitative estimate of drug-likeness (QED) is 0.464. The second kappa shape index (κ2) is 9.43. The van der Waals surface area contributed by atoms with Gasteiger partial charge >= 0.3 is 0 Å². The van der Waals surface area contributed by atoms with Crippen molar-refractivity contribution < 1.29 is 19.1 Å². The Bertz CT molecular complexity index is 1310. The number of carbonyl (C=O) groups excluding carboxylic acids is 2. The molecule has 6 heteroatoms. The van der Waals surface area contributed by atoms with Crippen LogP contribution in [-0.2, 0) is 23.2 Å². The lowest BCUT2D eigenvalue weighted by Gasteiger charge is -2.18. The standard InChI is InChI=1S/C30H32N2O4/c1-31(2)18-23-6-5-20(15-25(23)21-7-9-22(10-8-21)29(34)32(3)4)16-28(33)30(13-14-30)24-11-12-26-27(17-24)36-19-35-26/h5-12,15,17H,13-14,16,18-19H2,1-4H3. The van der Waals surface area contributed by atoms with E-state index in [0.29, 0.717) is 12.0 Å². The van der Waals surface area contributed by atoms with E-state index in [2.05, 4.69) is 23.1 Å². The first-order chi connectivity index (χ1) is 17.3. The zero-order chi connectivity index (χ0) is 25.4. The molecule has 36 heavy (non-hydrogen) atoms. The van der Waals surface area contributed by atoms with Crippen molar-refractivity contribution in [1.82, 2.24) is 9.80 Å². The monoisotopic (exact) mass is 484 g/mol. The number of fused-ring (bicyclic) bond motifs is 1. The Kier molecular flexibility index (Phi) is 6.31. The number of amides is 1. The fraction of sp³-hybridized carbons (Fsp3) is 0.333. The summed E-state index contributed by atoms with van der Waals surface area (Å²) >= 11 is 0. The third kappa shape index (κ3) is 4.61. The fourth-order valence-electron chi connectivity index (χ4n) is 4.93. The molecule has 186 valence electrons. The van der Waals surface area contributed by atoms with Crippen molar-refractivity contribution in [1.29, 1.82) is 0 Å². The van der Waals surface area contributed by atoms with Gasteiger partial charge in [-0.1, -0.05) is 36.4 Å². The lowest BCUT2D eigenvalue weighted by molar-refractivity contribution is -0.120. The highest BCUT2D eigenvalue weighted by Crippen LogP contribution is 2.51. The molecule has 0 aromatic heterocycles. The first-order valence-corrected chi connectivity index (χ1v) is 12.3. The molecule has 0 N–H and O–H groups in total. The molecule has 1 heterocycles. The highest BCUT2D eigenvalue weighted by molar-refractivity contribution is 5.95. The van der Waals surface area contributed by atoms with Crippen LogP contribution in [0.25, 0.3) is 11.1 Å². The van der Waals surface area contributed by atoms with Gasteiger partial charge in [0, 0.05) is 32.6 Å². The molecule has 5 rings (SSSR count). The van der Waals surface area contributed by atoms with Crippen molar-refractivity contribution in [3.05, 3.63) is 82.9 Å². The molecule has 0 unspecified atom stereocenters. The highest BCUT2D eigenvalue weighted by Gasteiger charge is 2.50. The van der Waals surface area contributed by atoms with E-state index in [1.54, 1.807) is 19.0 Å². The largest absolute Gasteiger partial charge is 0.454 e. The minimum absolute atomic E-state index is 0.0207. The normalized spacial score (nSPS) is 15.1. The van der Waals surface area contributed by atoms with Gasteiger partial charge in [-0.3, -0.25) is 9.59 Å². The molecule has 0 atom stereocenters. The summed E-state index contributed by atoms with van der Waals surface area (Å²) < 4.78 is 11.0. The van der Waals surface area contributed by atoms with E-state index in [-0.39, 0.29) is 18.5 Å². The Hall–Kier alpha value is -3.64. The van der Waals surface area contributed by atoms with E-state index in [4.69, 9.17) is 9.47 Å². The number of carbonyl (C=O) groups is 2. The van der Waals surface area contributed by atoms with Crippen LogP contribution in [-0.4, -0.2) is 56.5 Å².